The summed E-state index contributed by atoms with van der Waals surface area (Å²) in [7, 11) is 2.05. The van der Waals surface area contributed by atoms with Gasteiger partial charge in [-0.1, -0.05) is 33.2 Å². The van der Waals surface area contributed by atoms with Crippen LogP contribution in [0.1, 0.15) is 30.0 Å². The van der Waals surface area contributed by atoms with Gasteiger partial charge in [-0.25, -0.2) is 0 Å². The fourth-order valence-corrected chi connectivity index (χ4v) is 2.91. The first-order valence-electron chi connectivity index (χ1n) is 6.61. The second-order valence-corrected chi connectivity index (χ2v) is 6.12. The maximum absolute atomic E-state index is 6.18. The Bertz CT molecular complexity index is 568. The fourth-order valence-electron chi connectivity index (χ4n) is 2.50. The number of nitrogens with two attached hydrogens (primary N) is 1. The van der Waals surface area contributed by atoms with E-state index in [0.29, 0.717) is 6.54 Å². The van der Waals surface area contributed by atoms with Crippen LogP contribution in [0.3, 0.4) is 0 Å². The first-order valence-corrected chi connectivity index (χ1v) is 7.40. The highest BCUT2D eigenvalue weighted by atomic mass is 79.9. The van der Waals surface area contributed by atoms with Crippen molar-refractivity contribution in [2.45, 2.75) is 32.5 Å². The van der Waals surface area contributed by atoms with Crippen molar-refractivity contribution in [1.29, 1.82) is 0 Å². The molecule has 0 spiro atoms. The highest BCUT2D eigenvalue weighted by Crippen LogP contribution is 2.26. The summed E-state index contributed by atoms with van der Waals surface area (Å²) in [5.74, 6) is 0.827. The number of halogens is 1. The number of likely N-dealkylation sites (N-methyl/N-ethyl adjacent to an activating group) is 1. The summed E-state index contributed by atoms with van der Waals surface area (Å²) in [6.45, 7) is 4.63. The van der Waals surface area contributed by atoms with E-state index in [1.807, 2.05) is 32.0 Å². The van der Waals surface area contributed by atoms with Gasteiger partial charge in [0.1, 0.15) is 5.76 Å². The van der Waals surface area contributed by atoms with Crippen molar-refractivity contribution < 1.29 is 4.52 Å². The molecule has 2 aromatic rings. The van der Waals surface area contributed by atoms with Gasteiger partial charge in [0.15, 0.2) is 0 Å². The number of hydrogen-bond acceptors (Lipinski definition) is 4. The first-order chi connectivity index (χ1) is 9.47. The molecule has 5 heteroatoms. The Hall–Kier alpha value is -1.17. The molecule has 0 saturated carbocycles. The van der Waals surface area contributed by atoms with Crippen molar-refractivity contribution in [2.24, 2.45) is 5.73 Å². The minimum Gasteiger partial charge on any atom is -0.361 e. The molecule has 0 aliphatic rings. The zero-order chi connectivity index (χ0) is 14.7. The van der Waals surface area contributed by atoms with Crippen LogP contribution in [0.5, 0.6) is 0 Å². The average Bonchev–Trinajstić information content (AvgIpc) is 2.74. The Labute approximate surface area is 128 Å². The van der Waals surface area contributed by atoms with E-state index in [1.165, 1.54) is 5.56 Å². The number of hydrogen-bond donors (Lipinski definition) is 1. The summed E-state index contributed by atoms with van der Waals surface area (Å²) in [6.07, 6.45) is 0. The summed E-state index contributed by atoms with van der Waals surface area (Å²) in [4.78, 5) is 2.20. The quantitative estimate of drug-likeness (QED) is 0.909. The molecule has 108 valence electrons. The third-order valence-corrected chi connectivity index (χ3v) is 3.74. The largest absolute Gasteiger partial charge is 0.361 e. The molecule has 2 unspecified atom stereocenters. The van der Waals surface area contributed by atoms with Crippen LogP contribution in [0.25, 0.3) is 0 Å². The standard InChI is InChI=1S/C15H20BrN3O/c1-10-7-14(18-20-10)9-19(3)15(11(2)17)12-5-4-6-13(16)8-12/h4-8,11,15H,9,17H2,1-3H3. The number of nitrogens with zero attached hydrogens (tertiary/aromatic N) is 2. The molecule has 0 saturated heterocycles. The number of aryl methyl sites for hydroxylation is 1. The SMILES string of the molecule is Cc1cc(CN(C)C(c2cccc(Br)c2)C(C)N)no1. The Kier molecular flexibility index (Phi) is 4.96. The van der Waals surface area contributed by atoms with Crippen molar-refractivity contribution >= 4 is 15.9 Å². The van der Waals surface area contributed by atoms with Gasteiger partial charge < -0.3 is 10.3 Å². The second kappa shape index (κ2) is 6.52. The summed E-state index contributed by atoms with van der Waals surface area (Å²) in [6, 6.07) is 10.4. The maximum Gasteiger partial charge on any atom is 0.133 e. The molecule has 0 fully saturated rings. The lowest BCUT2D eigenvalue weighted by atomic mass is 9.99. The third kappa shape index (κ3) is 3.69. The molecule has 0 radical (unpaired) electrons. The van der Waals surface area contributed by atoms with Gasteiger partial charge in [-0.05, 0) is 38.6 Å². The summed E-state index contributed by atoms with van der Waals surface area (Å²) >= 11 is 3.51. The van der Waals surface area contributed by atoms with Gasteiger partial charge in [0, 0.05) is 29.2 Å². The molecular formula is C15H20BrN3O. The molecule has 2 N–H and O–H groups in total. The van der Waals surface area contributed by atoms with Crippen LogP contribution in [0, 0.1) is 6.92 Å². The smallest absolute Gasteiger partial charge is 0.133 e. The maximum atomic E-state index is 6.18. The molecule has 2 rings (SSSR count). The van der Waals surface area contributed by atoms with E-state index in [0.717, 1.165) is 15.9 Å². The molecule has 0 aliphatic carbocycles. The Morgan fingerprint density at radius 2 is 2.15 bits per heavy atom. The van der Waals surface area contributed by atoms with Crippen LogP contribution in [0.2, 0.25) is 0 Å². The van der Waals surface area contributed by atoms with Gasteiger partial charge in [0.25, 0.3) is 0 Å². The zero-order valence-corrected chi connectivity index (χ0v) is 13.6. The van der Waals surface area contributed by atoms with Gasteiger partial charge in [0.05, 0.1) is 5.69 Å². The van der Waals surface area contributed by atoms with E-state index in [4.69, 9.17) is 10.3 Å². The summed E-state index contributed by atoms with van der Waals surface area (Å²) < 4.78 is 6.18. The predicted octanol–water partition coefficient (Wildman–Crippen LogP) is 3.27. The van der Waals surface area contributed by atoms with E-state index in [9.17, 15) is 0 Å². The topological polar surface area (TPSA) is 55.3 Å². The lowest BCUT2D eigenvalue weighted by Gasteiger charge is -2.31. The lowest BCUT2D eigenvalue weighted by molar-refractivity contribution is 0.205. The molecule has 1 aromatic heterocycles. The molecule has 2 atom stereocenters. The van der Waals surface area contributed by atoms with E-state index in [-0.39, 0.29) is 12.1 Å². The van der Waals surface area contributed by atoms with E-state index in [1.54, 1.807) is 0 Å². The van der Waals surface area contributed by atoms with Crippen LogP contribution >= 0.6 is 15.9 Å². The second-order valence-electron chi connectivity index (χ2n) is 5.20. The van der Waals surface area contributed by atoms with Gasteiger partial charge in [-0.3, -0.25) is 4.90 Å². The molecular weight excluding hydrogens is 318 g/mol. The average molecular weight is 338 g/mol. The normalized spacial score (nSPS) is 14.5. The van der Waals surface area contributed by atoms with Crippen molar-refractivity contribution in [1.82, 2.24) is 10.1 Å². The number of rotatable bonds is 5. The van der Waals surface area contributed by atoms with Crippen LogP contribution in [0.15, 0.2) is 39.3 Å². The number of aromatic nitrogens is 1. The van der Waals surface area contributed by atoms with E-state index in [2.05, 4.69) is 45.2 Å². The van der Waals surface area contributed by atoms with Crippen molar-refractivity contribution in [2.75, 3.05) is 7.05 Å². The molecule has 1 aromatic carbocycles. The van der Waals surface area contributed by atoms with Gasteiger partial charge >= 0.3 is 0 Å². The van der Waals surface area contributed by atoms with Gasteiger partial charge in [0.2, 0.25) is 0 Å². The monoisotopic (exact) mass is 337 g/mol. The minimum absolute atomic E-state index is 0.0160. The highest BCUT2D eigenvalue weighted by Gasteiger charge is 2.22. The molecule has 20 heavy (non-hydrogen) atoms. The summed E-state index contributed by atoms with van der Waals surface area (Å²) in [5, 5.41) is 4.04. The van der Waals surface area contributed by atoms with Gasteiger partial charge in [-0.2, -0.15) is 0 Å². The number of benzene rings is 1. The van der Waals surface area contributed by atoms with E-state index < -0.39 is 0 Å². The van der Waals surface area contributed by atoms with Crippen LogP contribution in [0.4, 0.5) is 0 Å². The minimum atomic E-state index is 0.0160. The Balaban J connectivity index is 2.20. The molecule has 0 bridgehead atoms. The molecule has 0 aliphatic heterocycles. The third-order valence-electron chi connectivity index (χ3n) is 3.25. The Morgan fingerprint density at radius 1 is 1.40 bits per heavy atom. The van der Waals surface area contributed by atoms with Crippen LogP contribution < -0.4 is 5.73 Å². The van der Waals surface area contributed by atoms with Crippen molar-refractivity contribution in [3.8, 4) is 0 Å². The van der Waals surface area contributed by atoms with Crippen molar-refractivity contribution in [3.05, 3.63) is 51.8 Å². The predicted molar refractivity (Wildman–Crippen MR) is 83.2 cm³/mol. The fraction of sp³-hybridized carbons (Fsp3) is 0.400. The van der Waals surface area contributed by atoms with Gasteiger partial charge in [-0.15, -0.1) is 0 Å². The molecule has 4 nitrogen and oxygen atoms in total. The molecule has 1 heterocycles. The highest BCUT2D eigenvalue weighted by molar-refractivity contribution is 9.10. The Morgan fingerprint density at radius 3 is 2.70 bits per heavy atom. The van der Waals surface area contributed by atoms with E-state index >= 15 is 0 Å². The van der Waals surface area contributed by atoms with Crippen molar-refractivity contribution in [3.63, 3.8) is 0 Å². The zero-order valence-electron chi connectivity index (χ0n) is 12.0. The lowest BCUT2D eigenvalue weighted by Crippen LogP contribution is -2.37. The van der Waals surface area contributed by atoms with Crippen LogP contribution in [-0.4, -0.2) is 23.1 Å². The first kappa shape index (κ1) is 15.2. The van der Waals surface area contributed by atoms with Crippen LogP contribution in [-0.2, 0) is 6.54 Å². The molecule has 0 amide bonds. The summed E-state index contributed by atoms with van der Waals surface area (Å²) in [5.41, 5.74) is 8.29.